The Morgan fingerprint density at radius 3 is 2.55 bits per heavy atom. The molecule has 2 rings (SSSR count). The summed E-state index contributed by atoms with van der Waals surface area (Å²) in [6.07, 6.45) is 4.23. The summed E-state index contributed by atoms with van der Waals surface area (Å²) in [6, 6.07) is 5.80. The summed E-state index contributed by atoms with van der Waals surface area (Å²) in [5.74, 6) is 0.758. The van der Waals surface area contributed by atoms with E-state index in [1.165, 1.54) is 0 Å². The van der Waals surface area contributed by atoms with Gasteiger partial charge in [0.05, 0.1) is 17.8 Å². The molecule has 1 aromatic rings. The standard InChI is InChI=1S/C15H22N2O2S/c1-9-7-11(8-10(2)18-9)19-12-5-4-6-13(20-3)14(12)15(16)17/h4-6,9-11H,7-8H2,1-3H3,(H3,16,17). The number of nitrogens with two attached hydrogens (primary N) is 1. The molecular formula is C15H22N2O2S. The first kappa shape index (κ1) is 15.2. The number of hydrogen-bond acceptors (Lipinski definition) is 4. The Bertz CT molecular complexity index is 483. The van der Waals surface area contributed by atoms with E-state index in [-0.39, 0.29) is 24.1 Å². The number of rotatable bonds is 4. The molecule has 0 spiro atoms. The average Bonchev–Trinajstić information content (AvgIpc) is 2.36. The van der Waals surface area contributed by atoms with E-state index in [1.807, 2.05) is 24.5 Å². The van der Waals surface area contributed by atoms with E-state index in [4.69, 9.17) is 20.6 Å². The molecule has 1 heterocycles. The zero-order valence-electron chi connectivity index (χ0n) is 12.2. The maximum atomic E-state index is 7.78. The predicted octanol–water partition coefficient (Wildman–Crippen LogP) is 3.03. The van der Waals surface area contributed by atoms with Gasteiger partial charge in [0.25, 0.3) is 0 Å². The second kappa shape index (κ2) is 6.50. The van der Waals surface area contributed by atoms with Gasteiger partial charge in [-0.05, 0) is 32.2 Å². The molecule has 1 saturated heterocycles. The predicted molar refractivity (Wildman–Crippen MR) is 82.9 cm³/mol. The van der Waals surface area contributed by atoms with Gasteiger partial charge in [-0.1, -0.05) is 6.07 Å². The highest BCUT2D eigenvalue weighted by atomic mass is 32.2. The monoisotopic (exact) mass is 294 g/mol. The summed E-state index contributed by atoms with van der Waals surface area (Å²) in [7, 11) is 0. The van der Waals surface area contributed by atoms with Crippen molar-refractivity contribution in [1.82, 2.24) is 0 Å². The highest BCUT2D eigenvalue weighted by Gasteiger charge is 2.27. The van der Waals surface area contributed by atoms with Crippen LogP contribution in [0.25, 0.3) is 0 Å². The summed E-state index contributed by atoms with van der Waals surface area (Å²) in [5, 5.41) is 7.78. The molecule has 0 radical (unpaired) electrons. The zero-order chi connectivity index (χ0) is 14.7. The van der Waals surface area contributed by atoms with Crippen LogP contribution in [0.1, 0.15) is 32.3 Å². The molecule has 0 bridgehead atoms. The molecule has 20 heavy (non-hydrogen) atoms. The molecular weight excluding hydrogens is 272 g/mol. The average molecular weight is 294 g/mol. The Hall–Kier alpha value is -1.20. The molecule has 1 aliphatic heterocycles. The number of ether oxygens (including phenoxy) is 2. The van der Waals surface area contributed by atoms with E-state index < -0.39 is 0 Å². The summed E-state index contributed by atoms with van der Waals surface area (Å²) < 4.78 is 11.8. The summed E-state index contributed by atoms with van der Waals surface area (Å²) >= 11 is 1.58. The van der Waals surface area contributed by atoms with Crippen LogP contribution in [0.5, 0.6) is 5.75 Å². The Kier molecular flexibility index (Phi) is 4.94. The maximum Gasteiger partial charge on any atom is 0.131 e. The fraction of sp³-hybridized carbons (Fsp3) is 0.533. The third kappa shape index (κ3) is 3.46. The van der Waals surface area contributed by atoms with Crippen molar-refractivity contribution < 1.29 is 9.47 Å². The smallest absolute Gasteiger partial charge is 0.131 e. The third-order valence-corrected chi connectivity index (χ3v) is 4.21. The first-order valence-corrected chi connectivity index (χ1v) is 8.07. The van der Waals surface area contributed by atoms with E-state index in [9.17, 15) is 0 Å². The van der Waals surface area contributed by atoms with Crippen LogP contribution in [0.4, 0.5) is 0 Å². The van der Waals surface area contributed by atoms with Crippen molar-refractivity contribution in [2.75, 3.05) is 6.26 Å². The van der Waals surface area contributed by atoms with Gasteiger partial charge in [0.1, 0.15) is 17.7 Å². The van der Waals surface area contributed by atoms with Gasteiger partial charge in [-0.15, -0.1) is 11.8 Å². The van der Waals surface area contributed by atoms with Crippen LogP contribution in [0.2, 0.25) is 0 Å². The number of benzene rings is 1. The Morgan fingerprint density at radius 1 is 1.35 bits per heavy atom. The zero-order valence-corrected chi connectivity index (χ0v) is 13.0. The number of thioether (sulfide) groups is 1. The highest BCUT2D eigenvalue weighted by Crippen LogP contribution is 2.31. The first-order chi connectivity index (χ1) is 9.51. The molecule has 1 aliphatic rings. The molecule has 1 fully saturated rings. The molecule has 0 aliphatic carbocycles. The van der Waals surface area contributed by atoms with Crippen LogP contribution in [0, 0.1) is 5.41 Å². The minimum Gasteiger partial charge on any atom is -0.489 e. The SMILES string of the molecule is CSc1cccc(OC2CC(C)OC(C)C2)c1C(=N)N. The van der Waals surface area contributed by atoms with E-state index in [0.29, 0.717) is 11.3 Å². The van der Waals surface area contributed by atoms with Crippen LogP contribution in [0.15, 0.2) is 23.1 Å². The van der Waals surface area contributed by atoms with Gasteiger partial charge in [0, 0.05) is 17.7 Å². The summed E-state index contributed by atoms with van der Waals surface area (Å²) in [6.45, 7) is 4.13. The molecule has 5 heteroatoms. The molecule has 0 saturated carbocycles. The summed E-state index contributed by atoms with van der Waals surface area (Å²) in [4.78, 5) is 0.975. The largest absolute Gasteiger partial charge is 0.489 e. The molecule has 0 aromatic heterocycles. The molecule has 110 valence electrons. The van der Waals surface area contributed by atoms with Gasteiger partial charge in [-0.25, -0.2) is 0 Å². The lowest BCUT2D eigenvalue weighted by Gasteiger charge is -2.32. The number of amidine groups is 1. The molecule has 2 unspecified atom stereocenters. The normalized spacial score (nSPS) is 26.2. The highest BCUT2D eigenvalue weighted by molar-refractivity contribution is 7.98. The molecule has 2 atom stereocenters. The number of nitrogen functional groups attached to an aromatic ring is 1. The molecule has 0 amide bonds. The lowest BCUT2D eigenvalue weighted by molar-refractivity contribution is -0.0722. The van der Waals surface area contributed by atoms with Gasteiger partial charge >= 0.3 is 0 Å². The van der Waals surface area contributed by atoms with Crippen LogP contribution in [-0.4, -0.2) is 30.4 Å². The number of hydrogen-bond donors (Lipinski definition) is 2. The van der Waals surface area contributed by atoms with E-state index >= 15 is 0 Å². The van der Waals surface area contributed by atoms with Crippen LogP contribution in [0.3, 0.4) is 0 Å². The molecule has 1 aromatic carbocycles. The summed E-state index contributed by atoms with van der Waals surface area (Å²) in [5.41, 5.74) is 6.42. The van der Waals surface area contributed by atoms with Crippen molar-refractivity contribution >= 4 is 17.6 Å². The maximum absolute atomic E-state index is 7.78. The van der Waals surface area contributed by atoms with Crippen molar-refractivity contribution in [3.63, 3.8) is 0 Å². The van der Waals surface area contributed by atoms with E-state index in [0.717, 1.165) is 17.7 Å². The Morgan fingerprint density at radius 2 is 2.00 bits per heavy atom. The molecule has 3 N–H and O–H groups in total. The lowest BCUT2D eigenvalue weighted by atomic mass is 10.0. The Labute approximate surface area is 124 Å². The topological polar surface area (TPSA) is 68.3 Å². The van der Waals surface area contributed by atoms with Gasteiger partial charge in [-0.3, -0.25) is 5.41 Å². The van der Waals surface area contributed by atoms with Crippen molar-refractivity contribution in [2.24, 2.45) is 5.73 Å². The minimum atomic E-state index is 0.0538. The lowest BCUT2D eigenvalue weighted by Crippen LogP contribution is -2.36. The fourth-order valence-electron chi connectivity index (χ4n) is 2.66. The Balaban J connectivity index is 2.22. The number of nitrogens with one attached hydrogen (secondary N) is 1. The van der Waals surface area contributed by atoms with Crippen molar-refractivity contribution in [3.8, 4) is 5.75 Å². The van der Waals surface area contributed by atoms with Crippen molar-refractivity contribution in [2.45, 2.75) is 49.9 Å². The quantitative estimate of drug-likeness (QED) is 0.509. The second-order valence-electron chi connectivity index (χ2n) is 5.22. The van der Waals surface area contributed by atoms with Gasteiger partial charge < -0.3 is 15.2 Å². The van der Waals surface area contributed by atoms with Gasteiger partial charge in [0.2, 0.25) is 0 Å². The van der Waals surface area contributed by atoms with Gasteiger partial charge in [-0.2, -0.15) is 0 Å². The second-order valence-corrected chi connectivity index (χ2v) is 6.06. The molecule has 4 nitrogen and oxygen atoms in total. The van der Waals surface area contributed by atoms with Gasteiger partial charge in [0.15, 0.2) is 0 Å². The van der Waals surface area contributed by atoms with Crippen molar-refractivity contribution in [1.29, 1.82) is 5.41 Å². The van der Waals surface area contributed by atoms with Crippen LogP contribution < -0.4 is 10.5 Å². The van der Waals surface area contributed by atoms with Crippen molar-refractivity contribution in [3.05, 3.63) is 23.8 Å². The van der Waals surface area contributed by atoms with Crippen LogP contribution >= 0.6 is 11.8 Å². The first-order valence-electron chi connectivity index (χ1n) is 6.84. The van der Waals surface area contributed by atoms with Crippen LogP contribution in [-0.2, 0) is 4.74 Å². The fourth-order valence-corrected chi connectivity index (χ4v) is 3.29. The minimum absolute atomic E-state index is 0.0538. The van der Waals surface area contributed by atoms with E-state index in [1.54, 1.807) is 11.8 Å². The van der Waals surface area contributed by atoms with E-state index in [2.05, 4.69) is 13.8 Å². The third-order valence-electron chi connectivity index (χ3n) is 3.43.